The highest BCUT2D eigenvalue weighted by molar-refractivity contribution is 7.89. The van der Waals surface area contributed by atoms with Crippen LogP contribution in [0.4, 0.5) is 10.1 Å². The van der Waals surface area contributed by atoms with Gasteiger partial charge in [0.2, 0.25) is 10.0 Å². The van der Waals surface area contributed by atoms with E-state index in [0.29, 0.717) is 12.3 Å². The summed E-state index contributed by atoms with van der Waals surface area (Å²) >= 11 is 0. The van der Waals surface area contributed by atoms with Gasteiger partial charge >= 0.3 is 0 Å². The Kier molecular flexibility index (Phi) is 5.22. The predicted molar refractivity (Wildman–Crippen MR) is 81.8 cm³/mol. The fourth-order valence-electron chi connectivity index (χ4n) is 3.12. The second kappa shape index (κ2) is 6.75. The molecule has 2 rings (SSSR count). The molecule has 1 aromatic carbocycles. The van der Waals surface area contributed by atoms with Gasteiger partial charge in [0.15, 0.2) is 0 Å². The van der Waals surface area contributed by atoms with Gasteiger partial charge in [-0.15, -0.1) is 0 Å². The lowest BCUT2D eigenvalue weighted by molar-refractivity contribution is 0.285. The van der Waals surface area contributed by atoms with Crippen LogP contribution >= 0.6 is 0 Å². The molecule has 1 aliphatic carbocycles. The van der Waals surface area contributed by atoms with Gasteiger partial charge in [0.05, 0.1) is 5.69 Å². The zero-order valence-corrected chi connectivity index (χ0v) is 13.1. The first-order chi connectivity index (χ1) is 9.95. The minimum Gasteiger partial charge on any atom is -0.398 e. The van der Waals surface area contributed by atoms with Crippen molar-refractivity contribution in [1.29, 1.82) is 0 Å². The third kappa shape index (κ3) is 3.74. The molecule has 1 saturated carbocycles. The van der Waals surface area contributed by atoms with Gasteiger partial charge in [-0.05, 0) is 37.3 Å². The van der Waals surface area contributed by atoms with Crippen LogP contribution in [0, 0.1) is 11.7 Å². The second-order valence-electron chi connectivity index (χ2n) is 5.69. The highest BCUT2D eigenvalue weighted by Crippen LogP contribution is 2.29. The van der Waals surface area contributed by atoms with E-state index < -0.39 is 20.7 Å². The van der Waals surface area contributed by atoms with E-state index in [9.17, 15) is 12.8 Å². The quantitative estimate of drug-likeness (QED) is 0.821. The van der Waals surface area contributed by atoms with E-state index in [2.05, 4.69) is 4.72 Å². The standard InChI is InChI=1S/C15H23FN2O2S/c1-2-14(11-7-4-3-5-8-11)18-21(19,20)15-12(16)9-6-10-13(15)17/h6,9-11,14,18H,2-5,7-8,17H2,1H3. The molecule has 1 atom stereocenters. The lowest BCUT2D eigenvalue weighted by atomic mass is 9.83. The van der Waals surface area contributed by atoms with E-state index in [1.54, 1.807) is 0 Å². The molecule has 118 valence electrons. The van der Waals surface area contributed by atoms with Crippen LogP contribution in [0.1, 0.15) is 45.4 Å². The van der Waals surface area contributed by atoms with Gasteiger partial charge in [0.25, 0.3) is 0 Å². The molecule has 21 heavy (non-hydrogen) atoms. The number of rotatable bonds is 5. The van der Waals surface area contributed by atoms with Crippen LogP contribution in [0.3, 0.4) is 0 Å². The van der Waals surface area contributed by atoms with Crippen molar-refractivity contribution in [3.05, 3.63) is 24.0 Å². The molecule has 0 radical (unpaired) electrons. The minimum atomic E-state index is -3.93. The second-order valence-corrected chi connectivity index (χ2v) is 7.34. The van der Waals surface area contributed by atoms with Gasteiger partial charge in [0, 0.05) is 6.04 Å². The third-order valence-corrected chi connectivity index (χ3v) is 5.81. The first kappa shape index (κ1) is 16.2. The van der Waals surface area contributed by atoms with Crippen LogP contribution in [0.25, 0.3) is 0 Å². The first-order valence-corrected chi connectivity index (χ1v) is 9.00. The van der Waals surface area contributed by atoms with Gasteiger partial charge in [-0.25, -0.2) is 17.5 Å². The maximum atomic E-state index is 13.8. The molecule has 0 amide bonds. The van der Waals surface area contributed by atoms with Crippen LogP contribution in [0.5, 0.6) is 0 Å². The van der Waals surface area contributed by atoms with Crippen molar-refractivity contribution in [3.63, 3.8) is 0 Å². The van der Waals surface area contributed by atoms with Crippen molar-refractivity contribution in [1.82, 2.24) is 4.72 Å². The monoisotopic (exact) mass is 314 g/mol. The molecule has 1 fully saturated rings. The fourth-order valence-corrected chi connectivity index (χ4v) is 4.70. The summed E-state index contributed by atoms with van der Waals surface area (Å²) in [6.45, 7) is 1.95. The Bertz CT molecular complexity index is 563. The molecule has 1 aromatic rings. The lowest BCUT2D eigenvalue weighted by Crippen LogP contribution is -2.41. The van der Waals surface area contributed by atoms with Gasteiger partial charge in [0.1, 0.15) is 10.7 Å². The van der Waals surface area contributed by atoms with E-state index in [1.165, 1.54) is 18.6 Å². The molecule has 0 aliphatic heterocycles. The summed E-state index contributed by atoms with van der Waals surface area (Å²) in [5, 5.41) is 0. The van der Waals surface area contributed by atoms with E-state index >= 15 is 0 Å². The van der Waals surface area contributed by atoms with E-state index in [0.717, 1.165) is 31.7 Å². The lowest BCUT2D eigenvalue weighted by Gasteiger charge is -2.30. The molecule has 0 saturated heterocycles. The maximum Gasteiger partial charge on any atom is 0.245 e. The Morgan fingerprint density at radius 1 is 1.33 bits per heavy atom. The summed E-state index contributed by atoms with van der Waals surface area (Å²) < 4.78 is 41.4. The molecular weight excluding hydrogens is 291 g/mol. The molecule has 3 N–H and O–H groups in total. The molecule has 1 unspecified atom stereocenters. The van der Waals surface area contributed by atoms with Gasteiger partial charge in [-0.3, -0.25) is 0 Å². The number of anilines is 1. The number of nitrogens with two attached hydrogens (primary N) is 1. The van der Waals surface area contributed by atoms with Crippen molar-refractivity contribution < 1.29 is 12.8 Å². The van der Waals surface area contributed by atoms with E-state index in [-0.39, 0.29) is 11.7 Å². The summed E-state index contributed by atoms with van der Waals surface area (Å²) in [5.41, 5.74) is 5.59. The minimum absolute atomic E-state index is 0.0546. The predicted octanol–water partition coefficient (Wildman–Crippen LogP) is 3.05. The van der Waals surface area contributed by atoms with Crippen molar-refractivity contribution in [2.75, 3.05) is 5.73 Å². The number of sulfonamides is 1. The first-order valence-electron chi connectivity index (χ1n) is 7.52. The molecule has 6 heteroatoms. The number of nitrogen functional groups attached to an aromatic ring is 1. The number of benzene rings is 1. The zero-order chi connectivity index (χ0) is 15.5. The van der Waals surface area contributed by atoms with Crippen molar-refractivity contribution in [2.24, 2.45) is 5.92 Å². The Morgan fingerprint density at radius 3 is 2.57 bits per heavy atom. The Labute approximate surface area is 126 Å². The van der Waals surface area contributed by atoms with Crippen molar-refractivity contribution in [3.8, 4) is 0 Å². The van der Waals surface area contributed by atoms with Crippen LogP contribution in [-0.4, -0.2) is 14.5 Å². The van der Waals surface area contributed by atoms with Gasteiger partial charge < -0.3 is 5.73 Å². The molecule has 1 aliphatic rings. The van der Waals surface area contributed by atoms with Gasteiger partial charge in [-0.1, -0.05) is 32.3 Å². The normalized spacial score (nSPS) is 18.6. The van der Waals surface area contributed by atoms with Gasteiger partial charge in [-0.2, -0.15) is 0 Å². The fraction of sp³-hybridized carbons (Fsp3) is 0.600. The zero-order valence-electron chi connectivity index (χ0n) is 12.3. The van der Waals surface area contributed by atoms with E-state index in [4.69, 9.17) is 5.73 Å². The average molecular weight is 314 g/mol. The number of hydrogen-bond donors (Lipinski definition) is 2. The van der Waals surface area contributed by atoms with Crippen LogP contribution < -0.4 is 10.5 Å². The van der Waals surface area contributed by atoms with E-state index in [1.807, 2.05) is 6.92 Å². The summed E-state index contributed by atoms with van der Waals surface area (Å²) in [7, 11) is -3.93. The smallest absolute Gasteiger partial charge is 0.245 e. The molecule has 0 aromatic heterocycles. The molecule has 0 heterocycles. The number of halogens is 1. The molecule has 0 spiro atoms. The number of nitrogens with one attached hydrogen (secondary N) is 1. The van der Waals surface area contributed by atoms with Crippen LogP contribution in [0.2, 0.25) is 0 Å². The third-order valence-electron chi connectivity index (χ3n) is 4.23. The van der Waals surface area contributed by atoms with Crippen molar-refractivity contribution >= 4 is 15.7 Å². The summed E-state index contributed by atoms with van der Waals surface area (Å²) in [5.74, 6) is -0.479. The average Bonchev–Trinajstić information content (AvgIpc) is 2.45. The Balaban J connectivity index is 2.23. The van der Waals surface area contributed by atoms with Crippen LogP contribution in [0.15, 0.2) is 23.1 Å². The van der Waals surface area contributed by atoms with Crippen molar-refractivity contribution in [2.45, 2.75) is 56.4 Å². The largest absolute Gasteiger partial charge is 0.398 e. The topological polar surface area (TPSA) is 72.2 Å². The molecular formula is C15H23FN2O2S. The summed E-state index contributed by atoms with van der Waals surface area (Å²) in [6.07, 6.45) is 6.20. The summed E-state index contributed by atoms with van der Waals surface area (Å²) in [4.78, 5) is -0.431. The SMILES string of the molecule is CCC(NS(=O)(=O)c1c(N)cccc1F)C1CCCCC1. The summed E-state index contributed by atoms with van der Waals surface area (Å²) in [6, 6.07) is 3.77. The highest BCUT2D eigenvalue weighted by Gasteiger charge is 2.29. The maximum absolute atomic E-state index is 13.8. The molecule has 0 bridgehead atoms. The Hall–Kier alpha value is -1.14. The molecule has 4 nitrogen and oxygen atoms in total. The highest BCUT2D eigenvalue weighted by atomic mass is 32.2. The van der Waals surface area contributed by atoms with Crippen LogP contribution in [-0.2, 0) is 10.0 Å². The number of hydrogen-bond acceptors (Lipinski definition) is 3. The Morgan fingerprint density at radius 2 is 2.00 bits per heavy atom.